The average molecular weight is 405 g/mol. The van der Waals surface area contributed by atoms with E-state index in [4.69, 9.17) is 0 Å². The third kappa shape index (κ3) is 5.42. The minimum Gasteiger partial charge on any atom is -0.435 e. The monoisotopic (exact) mass is 405 g/mol. The molecule has 0 spiro atoms. The van der Waals surface area contributed by atoms with Crippen molar-refractivity contribution in [2.24, 2.45) is 0 Å². The number of aryl methyl sites for hydroxylation is 1. The molecule has 1 aromatic heterocycles. The molecule has 0 aliphatic carbocycles. The highest BCUT2D eigenvalue weighted by atomic mass is 32.2. The van der Waals surface area contributed by atoms with Crippen LogP contribution >= 0.6 is 11.8 Å². The molecule has 0 aliphatic rings. The summed E-state index contributed by atoms with van der Waals surface area (Å²) in [6.07, 6.45) is 0. The molecule has 0 aliphatic heterocycles. The number of hydrogen-bond donors (Lipinski definition) is 0. The van der Waals surface area contributed by atoms with Crippen LogP contribution in [0.2, 0.25) is 0 Å². The fraction of sp³-hybridized carbons (Fsp3) is 0.350. The Hall–Kier alpha value is -2.66. The largest absolute Gasteiger partial charge is 0.435 e. The first-order chi connectivity index (χ1) is 13.2. The number of alkyl halides is 2. The zero-order valence-electron chi connectivity index (χ0n) is 16.1. The van der Waals surface area contributed by atoms with E-state index >= 15 is 0 Å². The van der Waals surface area contributed by atoms with Gasteiger partial charge in [-0.05, 0) is 49.6 Å². The Balaban J connectivity index is 1.99. The fourth-order valence-corrected chi connectivity index (χ4v) is 3.55. The number of nitrogens with zero attached hydrogens (tertiary/aromatic N) is 3. The van der Waals surface area contributed by atoms with Crippen molar-refractivity contribution < 1.29 is 18.3 Å². The Morgan fingerprint density at radius 3 is 2.46 bits per heavy atom. The third-order valence-corrected chi connectivity index (χ3v) is 5.36. The van der Waals surface area contributed by atoms with Crippen LogP contribution in [0.25, 0.3) is 0 Å². The molecule has 2 rings (SSSR count). The lowest BCUT2D eigenvalue weighted by Gasteiger charge is -2.18. The van der Waals surface area contributed by atoms with Crippen LogP contribution in [0.4, 0.5) is 8.78 Å². The topological polar surface area (TPSA) is 66.2 Å². The number of rotatable bonds is 7. The van der Waals surface area contributed by atoms with Gasteiger partial charge in [-0.1, -0.05) is 23.9 Å². The molecule has 0 saturated carbocycles. The van der Waals surface area contributed by atoms with Gasteiger partial charge in [-0.3, -0.25) is 4.79 Å². The number of aromatic nitrogens is 1. The molecule has 0 unspecified atom stereocenters. The molecule has 0 N–H and O–H groups in total. The van der Waals surface area contributed by atoms with Crippen LogP contribution in [0.3, 0.4) is 0 Å². The predicted molar refractivity (Wildman–Crippen MR) is 103 cm³/mol. The van der Waals surface area contributed by atoms with Crippen LogP contribution in [0.5, 0.6) is 5.75 Å². The number of pyridine rings is 1. The lowest BCUT2D eigenvalue weighted by molar-refractivity contribution is -0.127. The van der Waals surface area contributed by atoms with Crippen LogP contribution in [-0.2, 0) is 11.3 Å². The van der Waals surface area contributed by atoms with E-state index in [1.165, 1.54) is 28.8 Å². The van der Waals surface area contributed by atoms with E-state index in [9.17, 15) is 18.8 Å². The van der Waals surface area contributed by atoms with Crippen molar-refractivity contribution in [1.29, 1.82) is 5.26 Å². The van der Waals surface area contributed by atoms with Gasteiger partial charge in [0.15, 0.2) is 0 Å². The van der Waals surface area contributed by atoms with Crippen molar-refractivity contribution in [2.75, 3.05) is 12.8 Å². The molecule has 148 valence electrons. The van der Waals surface area contributed by atoms with Gasteiger partial charge in [0, 0.05) is 19.3 Å². The van der Waals surface area contributed by atoms with Gasteiger partial charge in [-0.25, -0.2) is 4.98 Å². The number of carbonyl (C=O) groups excluding carboxylic acids is 1. The Labute approximate surface area is 167 Å². The standard InChI is InChI=1S/C20H21F2N3O2S/c1-12-13(2)17(9-23)19(24-14(12)3)28-11-18(26)25(4)10-15-5-7-16(8-6-15)27-20(21)22/h5-8,20H,10-11H2,1-4H3. The van der Waals surface area contributed by atoms with Crippen molar-refractivity contribution >= 4 is 17.7 Å². The summed E-state index contributed by atoms with van der Waals surface area (Å²) in [6, 6.07) is 8.32. The molecule has 1 aromatic carbocycles. The number of carbonyl (C=O) groups is 1. The molecule has 0 bridgehead atoms. The van der Waals surface area contributed by atoms with Gasteiger partial charge in [0.1, 0.15) is 16.8 Å². The Bertz CT molecular complexity index is 896. The van der Waals surface area contributed by atoms with Gasteiger partial charge in [-0.2, -0.15) is 14.0 Å². The minimum absolute atomic E-state index is 0.0727. The first kappa shape index (κ1) is 21.6. The first-order valence-corrected chi connectivity index (χ1v) is 9.50. The van der Waals surface area contributed by atoms with Crippen molar-refractivity contribution in [1.82, 2.24) is 9.88 Å². The van der Waals surface area contributed by atoms with E-state index in [1.807, 2.05) is 20.8 Å². The molecule has 0 atom stereocenters. The van der Waals surface area contributed by atoms with Crippen LogP contribution in [-0.4, -0.2) is 35.2 Å². The summed E-state index contributed by atoms with van der Waals surface area (Å²) in [4.78, 5) is 18.4. The van der Waals surface area contributed by atoms with E-state index in [2.05, 4.69) is 15.8 Å². The van der Waals surface area contributed by atoms with Crippen molar-refractivity contribution in [2.45, 2.75) is 39.0 Å². The van der Waals surface area contributed by atoms with E-state index in [0.29, 0.717) is 17.1 Å². The highest BCUT2D eigenvalue weighted by molar-refractivity contribution is 8.00. The summed E-state index contributed by atoms with van der Waals surface area (Å²) in [5, 5.41) is 9.96. The Kier molecular flexibility index (Phi) is 7.35. The summed E-state index contributed by atoms with van der Waals surface area (Å²) in [5.41, 5.74) is 3.98. The van der Waals surface area contributed by atoms with E-state index < -0.39 is 6.61 Å². The summed E-state index contributed by atoms with van der Waals surface area (Å²) >= 11 is 1.24. The summed E-state index contributed by atoms with van der Waals surface area (Å²) < 4.78 is 28.7. The number of halogens is 2. The Morgan fingerprint density at radius 1 is 1.25 bits per heavy atom. The number of thioether (sulfide) groups is 1. The average Bonchev–Trinajstić information content (AvgIpc) is 2.65. The second kappa shape index (κ2) is 9.51. The highest BCUT2D eigenvalue weighted by Gasteiger charge is 2.16. The number of hydrogen-bond acceptors (Lipinski definition) is 5. The maximum Gasteiger partial charge on any atom is 0.387 e. The SMILES string of the molecule is Cc1nc(SCC(=O)N(C)Cc2ccc(OC(F)F)cc2)c(C#N)c(C)c1C. The minimum atomic E-state index is -2.87. The molecule has 5 nitrogen and oxygen atoms in total. The number of benzene rings is 1. The van der Waals surface area contributed by atoms with E-state index in [-0.39, 0.29) is 17.4 Å². The summed E-state index contributed by atoms with van der Waals surface area (Å²) in [6.45, 7) is 3.14. The van der Waals surface area contributed by atoms with Crippen molar-refractivity contribution in [3.05, 3.63) is 52.2 Å². The number of ether oxygens (including phenoxy) is 1. The third-order valence-electron chi connectivity index (χ3n) is 4.40. The van der Waals surface area contributed by atoms with Crippen molar-refractivity contribution in [3.8, 4) is 11.8 Å². The quantitative estimate of drug-likeness (QED) is 0.645. The predicted octanol–water partition coefficient (Wildman–Crippen LogP) is 4.23. The molecule has 0 radical (unpaired) electrons. The highest BCUT2D eigenvalue weighted by Crippen LogP contribution is 2.26. The molecule has 1 amide bonds. The van der Waals surface area contributed by atoms with Gasteiger partial charge in [0.25, 0.3) is 0 Å². The second-order valence-electron chi connectivity index (χ2n) is 6.30. The normalized spacial score (nSPS) is 10.6. The lowest BCUT2D eigenvalue weighted by atomic mass is 10.1. The van der Waals surface area contributed by atoms with Gasteiger partial charge in [0.2, 0.25) is 5.91 Å². The molecule has 0 fully saturated rings. The van der Waals surface area contributed by atoms with E-state index in [0.717, 1.165) is 22.4 Å². The van der Waals surface area contributed by atoms with Gasteiger partial charge in [0.05, 0.1) is 11.3 Å². The Morgan fingerprint density at radius 2 is 1.89 bits per heavy atom. The molecule has 2 aromatic rings. The number of nitriles is 1. The molecular weight excluding hydrogens is 384 g/mol. The summed E-state index contributed by atoms with van der Waals surface area (Å²) in [5.74, 6) is 0.0927. The number of amides is 1. The van der Waals surface area contributed by atoms with Crippen molar-refractivity contribution in [3.63, 3.8) is 0 Å². The van der Waals surface area contributed by atoms with Crippen LogP contribution in [0.15, 0.2) is 29.3 Å². The first-order valence-electron chi connectivity index (χ1n) is 8.51. The zero-order chi connectivity index (χ0) is 20.8. The molecule has 28 heavy (non-hydrogen) atoms. The van der Waals surface area contributed by atoms with Crippen LogP contribution in [0.1, 0.15) is 27.9 Å². The fourth-order valence-electron chi connectivity index (χ4n) is 2.53. The molecular formula is C20H21F2N3O2S. The van der Waals surface area contributed by atoms with Gasteiger partial charge < -0.3 is 9.64 Å². The van der Waals surface area contributed by atoms with Crippen LogP contribution < -0.4 is 4.74 Å². The van der Waals surface area contributed by atoms with E-state index in [1.54, 1.807) is 19.2 Å². The van der Waals surface area contributed by atoms with Gasteiger partial charge >= 0.3 is 6.61 Å². The molecule has 1 heterocycles. The van der Waals surface area contributed by atoms with Gasteiger partial charge in [-0.15, -0.1) is 0 Å². The maximum atomic E-state index is 12.4. The zero-order valence-corrected chi connectivity index (χ0v) is 16.9. The smallest absolute Gasteiger partial charge is 0.387 e. The maximum absolute atomic E-state index is 12.4. The van der Waals surface area contributed by atoms with Crippen LogP contribution in [0, 0.1) is 32.1 Å². The lowest BCUT2D eigenvalue weighted by Crippen LogP contribution is -2.27. The molecule has 0 saturated heterocycles. The molecule has 8 heteroatoms. The second-order valence-corrected chi connectivity index (χ2v) is 7.26. The summed E-state index contributed by atoms with van der Waals surface area (Å²) in [7, 11) is 1.66.